The van der Waals surface area contributed by atoms with Crippen molar-refractivity contribution in [2.45, 2.75) is 20.0 Å². The second-order valence-corrected chi connectivity index (χ2v) is 5.97. The maximum Gasteiger partial charge on any atom is 0.129 e. The molecule has 0 radical (unpaired) electrons. The lowest BCUT2D eigenvalue weighted by Crippen LogP contribution is -2.01. The third kappa shape index (κ3) is 2.13. The summed E-state index contributed by atoms with van der Waals surface area (Å²) in [7, 11) is 0. The van der Waals surface area contributed by atoms with Crippen LogP contribution in [0.1, 0.15) is 28.4 Å². The van der Waals surface area contributed by atoms with Gasteiger partial charge in [-0.25, -0.2) is 4.39 Å². The Hall–Kier alpha value is -1.71. The van der Waals surface area contributed by atoms with Gasteiger partial charge in [-0.05, 0) is 47.4 Å². The van der Waals surface area contributed by atoms with Gasteiger partial charge in [-0.15, -0.1) is 11.3 Å². The lowest BCUT2D eigenvalue weighted by Gasteiger charge is -2.13. The van der Waals surface area contributed by atoms with E-state index in [2.05, 4.69) is 0 Å². The van der Waals surface area contributed by atoms with Crippen LogP contribution < -0.4 is 0 Å². The average Bonchev–Trinajstić information content (AvgIpc) is 2.87. The topological polar surface area (TPSA) is 20.2 Å². The largest absolute Gasteiger partial charge is 0.384 e. The molecule has 1 nitrogen and oxygen atoms in total. The smallest absolute Gasteiger partial charge is 0.129 e. The third-order valence-corrected chi connectivity index (χ3v) is 4.56. The van der Waals surface area contributed by atoms with Crippen LogP contribution in [-0.4, -0.2) is 5.11 Å². The predicted octanol–water partition coefficient (Wildman–Crippen LogP) is 4.74. The van der Waals surface area contributed by atoms with E-state index in [0.29, 0.717) is 11.1 Å². The summed E-state index contributed by atoms with van der Waals surface area (Å²) in [6.07, 6.45) is -0.718. The molecule has 20 heavy (non-hydrogen) atoms. The Morgan fingerprint density at radius 1 is 1.10 bits per heavy atom. The molecular formula is C17H15FOS. The molecule has 1 aromatic heterocycles. The Kier molecular flexibility index (Phi) is 3.32. The summed E-state index contributed by atoms with van der Waals surface area (Å²) < 4.78 is 14.8. The molecule has 0 aliphatic rings. The number of hydrogen-bond acceptors (Lipinski definition) is 2. The molecule has 1 atom stereocenters. The van der Waals surface area contributed by atoms with Gasteiger partial charge in [0.15, 0.2) is 0 Å². The molecule has 0 saturated carbocycles. The molecule has 3 heteroatoms. The molecule has 2 aromatic carbocycles. The van der Waals surface area contributed by atoms with Gasteiger partial charge in [0, 0.05) is 10.3 Å². The Labute approximate surface area is 121 Å². The van der Waals surface area contributed by atoms with E-state index in [1.165, 1.54) is 0 Å². The first-order valence-electron chi connectivity index (χ1n) is 6.49. The van der Waals surface area contributed by atoms with Crippen LogP contribution in [0, 0.1) is 19.7 Å². The highest BCUT2D eigenvalue weighted by molar-refractivity contribution is 7.17. The molecule has 3 rings (SSSR count). The molecule has 0 aliphatic carbocycles. The molecule has 0 spiro atoms. The molecular weight excluding hydrogens is 271 g/mol. The van der Waals surface area contributed by atoms with E-state index >= 15 is 0 Å². The summed E-state index contributed by atoms with van der Waals surface area (Å²) in [5.41, 5.74) is 2.76. The van der Waals surface area contributed by atoms with Crippen LogP contribution in [0.4, 0.5) is 4.39 Å². The number of rotatable bonds is 2. The van der Waals surface area contributed by atoms with Gasteiger partial charge in [-0.3, -0.25) is 0 Å². The molecule has 1 N–H and O–H groups in total. The van der Waals surface area contributed by atoms with Gasteiger partial charge in [-0.2, -0.15) is 0 Å². The van der Waals surface area contributed by atoms with Crippen LogP contribution in [0.2, 0.25) is 0 Å². The number of fused-ring (bicyclic) bond motifs is 1. The van der Waals surface area contributed by atoms with E-state index in [0.717, 1.165) is 21.2 Å². The summed E-state index contributed by atoms with van der Waals surface area (Å²) in [6.45, 7) is 3.45. The summed E-state index contributed by atoms with van der Waals surface area (Å²) in [6, 6.07) is 11.4. The Bertz CT molecular complexity index is 753. The van der Waals surface area contributed by atoms with Crippen molar-refractivity contribution in [2.24, 2.45) is 0 Å². The van der Waals surface area contributed by atoms with Crippen LogP contribution in [0.3, 0.4) is 0 Å². The van der Waals surface area contributed by atoms with Crippen molar-refractivity contribution < 1.29 is 9.50 Å². The third-order valence-electron chi connectivity index (χ3n) is 3.58. The molecule has 3 aromatic rings. The first-order valence-corrected chi connectivity index (χ1v) is 7.36. The minimum atomic E-state index is -0.718. The summed E-state index contributed by atoms with van der Waals surface area (Å²) in [5.74, 6) is -0.198. The summed E-state index contributed by atoms with van der Waals surface area (Å²) in [5, 5.41) is 13.6. The van der Waals surface area contributed by atoms with E-state index in [1.807, 2.05) is 29.6 Å². The minimum absolute atomic E-state index is 0.198. The maximum atomic E-state index is 13.7. The monoisotopic (exact) mass is 286 g/mol. The van der Waals surface area contributed by atoms with E-state index in [9.17, 15) is 9.50 Å². The van der Waals surface area contributed by atoms with Crippen molar-refractivity contribution in [2.75, 3.05) is 0 Å². The molecule has 102 valence electrons. The minimum Gasteiger partial charge on any atom is -0.384 e. The van der Waals surface area contributed by atoms with Crippen molar-refractivity contribution in [3.63, 3.8) is 0 Å². The fourth-order valence-corrected chi connectivity index (χ4v) is 3.51. The molecule has 1 heterocycles. The maximum absolute atomic E-state index is 13.7. The van der Waals surface area contributed by atoms with Crippen LogP contribution in [0.5, 0.6) is 0 Å². The van der Waals surface area contributed by atoms with E-state index < -0.39 is 6.10 Å². The number of hydrogen-bond donors (Lipinski definition) is 1. The van der Waals surface area contributed by atoms with Crippen molar-refractivity contribution in [3.05, 3.63) is 69.8 Å². The normalized spacial score (nSPS) is 12.8. The van der Waals surface area contributed by atoms with Crippen LogP contribution in [0.25, 0.3) is 10.1 Å². The van der Waals surface area contributed by atoms with Gasteiger partial charge in [0.1, 0.15) is 11.9 Å². The number of aliphatic hydroxyl groups is 1. The quantitative estimate of drug-likeness (QED) is 0.721. The van der Waals surface area contributed by atoms with Crippen molar-refractivity contribution in [1.82, 2.24) is 0 Å². The van der Waals surface area contributed by atoms with Gasteiger partial charge >= 0.3 is 0 Å². The molecule has 0 amide bonds. The second kappa shape index (κ2) is 5.00. The predicted molar refractivity (Wildman–Crippen MR) is 81.8 cm³/mol. The van der Waals surface area contributed by atoms with Gasteiger partial charge in [0.2, 0.25) is 0 Å². The lowest BCUT2D eigenvalue weighted by atomic mass is 9.97. The van der Waals surface area contributed by atoms with Gasteiger partial charge in [-0.1, -0.05) is 30.3 Å². The zero-order valence-corrected chi connectivity index (χ0v) is 12.2. The molecule has 1 unspecified atom stereocenters. The van der Waals surface area contributed by atoms with E-state index in [4.69, 9.17) is 0 Å². The van der Waals surface area contributed by atoms with Crippen molar-refractivity contribution in [1.29, 1.82) is 0 Å². The van der Waals surface area contributed by atoms with E-state index in [1.54, 1.807) is 37.3 Å². The second-order valence-electron chi connectivity index (χ2n) is 5.06. The standard InChI is InChI=1S/C17H15FOS/c1-10-7-12(8-11(2)16(10)18)17(19)14-9-20-15-6-4-3-5-13(14)15/h3-9,17,19H,1-2H3. The fourth-order valence-electron chi connectivity index (χ4n) is 2.53. The highest BCUT2D eigenvalue weighted by Crippen LogP contribution is 2.34. The summed E-state index contributed by atoms with van der Waals surface area (Å²) >= 11 is 1.61. The lowest BCUT2D eigenvalue weighted by molar-refractivity contribution is 0.222. The SMILES string of the molecule is Cc1cc(C(O)c2csc3ccccc23)cc(C)c1F. The molecule has 0 fully saturated rings. The number of halogens is 1. The molecule has 0 saturated heterocycles. The average molecular weight is 286 g/mol. The number of benzene rings is 2. The Morgan fingerprint density at radius 2 is 1.75 bits per heavy atom. The Balaban J connectivity index is 2.11. The number of thiophene rings is 1. The molecule has 0 bridgehead atoms. The van der Waals surface area contributed by atoms with Crippen molar-refractivity contribution in [3.8, 4) is 0 Å². The highest BCUT2D eigenvalue weighted by atomic mass is 32.1. The van der Waals surface area contributed by atoms with Gasteiger partial charge in [0.25, 0.3) is 0 Å². The first kappa shape index (κ1) is 13.3. The first-order chi connectivity index (χ1) is 9.58. The Morgan fingerprint density at radius 3 is 2.45 bits per heavy atom. The molecule has 0 aliphatic heterocycles. The highest BCUT2D eigenvalue weighted by Gasteiger charge is 2.17. The zero-order valence-electron chi connectivity index (χ0n) is 11.4. The van der Waals surface area contributed by atoms with Crippen LogP contribution in [0.15, 0.2) is 41.8 Å². The number of aryl methyl sites for hydroxylation is 2. The van der Waals surface area contributed by atoms with Crippen molar-refractivity contribution >= 4 is 21.4 Å². The number of aliphatic hydroxyl groups excluding tert-OH is 1. The van der Waals surface area contributed by atoms with Crippen LogP contribution in [-0.2, 0) is 0 Å². The fraction of sp³-hybridized carbons (Fsp3) is 0.176. The van der Waals surface area contributed by atoms with E-state index in [-0.39, 0.29) is 5.82 Å². The van der Waals surface area contributed by atoms with Gasteiger partial charge in [0.05, 0.1) is 0 Å². The van der Waals surface area contributed by atoms with Gasteiger partial charge < -0.3 is 5.11 Å². The summed E-state index contributed by atoms with van der Waals surface area (Å²) in [4.78, 5) is 0. The van der Waals surface area contributed by atoms with Crippen LogP contribution >= 0.6 is 11.3 Å². The zero-order chi connectivity index (χ0) is 14.3.